The van der Waals surface area contributed by atoms with Gasteiger partial charge >= 0.3 is 0 Å². The van der Waals surface area contributed by atoms with Gasteiger partial charge in [-0.3, -0.25) is 4.79 Å². The number of para-hydroxylation sites is 1. The second-order valence-corrected chi connectivity index (χ2v) is 7.75. The lowest BCUT2D eigenvalue weighted by Crippen LogP contribution is -2.15. The summed E-state index contributed by atoms with van der Waals surface area (Å²) >= 11 is 7.57. The summed E-state index contributed by atoms with van der Waals surface area (Å²) < 4.78 is 2.56. The van der Waals surface area contributed by atoms with Crippen molar-refractivity contribution in [3.8, 4) is 11.9 Å². The molecule has 0 aliphatic carbocycles. The number of thiazole rings is 1. The molecule has 0 amide bonds. The van der Waals surface area contributed by atoms with Crippen LogP contribution < -0.4 is 0 Å². The van der Waals surface area contributed by atoms with Gasteiger partial charge in [0.15, 0.2) is 11.7 Å². The maximum absolute atomic E-state index is 13.1. The van der Waals surface area contributed by atoms with E-state index in [1.807, 2.05) is 44.2 Å². The third kappa shape index (κ3) is 3.17. The Morgan fingerprint density at radius 3 is 2.68 bits per heavy atom. The van der Waals surface area contributed by atoms with Crippen molar-refractivity contribution < 1.29 is 4.79 Å². The Kier molecular flexibility index (Phi) is 4.67. The summed E-state index contributed by atoms with van der Waals surface area (Å²) in [5.74, 6) is -1.08. The van der Waals surface area contributed by atoms with Crippen LogP contribution in [-0.4, -0.2) is 25.5 Å². The molecule has 0 saturated heterocycles. The Bertz CT molecular complexity index is 1220. The Balaban J connectivity index is 1.76. The lowest BCUT2D eigenvalue weighted by Gasteiger charge is -2.09. The number of halogens is 1. The fourth-order valence-electron chi connectivity index (χ4n) is 2.96. The molecule has 138 valence electrons. The van der Waals surface area contributed by atoms with E-state index in [0.29, 0.717) is 10.8 Å². The number of fused-ring (bicyclic) bond motifs is 1. The lowest BCUT2D eigenvalue weighted by molar-refractivity contribution is 0.0974. The van der Waals surface area contributed by atoms with Crippen LogP contribution in [0.25, 0.3) is 16.0 Å². The molecule has 0 fully saturated rings. The summed E-state index contributed by atoms with van der Waals surface area (Å²) in [5.41, 5.74) is 2.52. The number of hydrogen-bond donors (Lipinski definition) is 0. The number of benzene rings is 1. The summed E-state index contributed by atoms with van der Waals surface area (Å²) in [6.07, 6.45) is 0. The zero-order valence-corrected chi connectivity index (χ0v) is 16.6. The van der Waals surface area contributed by atoms with Gasteiger partial charge in [-0.1, -0.05) is 23.7 Å². The van der Waals surface area contributed by atoms with Gasteiger partial charge in [0.2, 0.25) is 5.78 Å². The monoisotopic (exact) mass is 407 g/mol. The molecule has 0 aliphatic heterocycles. The van der Waals surface area contributed by atoms with Crippen molar-refractivity contribution in [3.63, 3.8) is 0 Å². The van der Waals surface area contributed by atoms with Crippen molar-refractivity contribution in [1.82, 2.24) is 19.7 Å². The van der Waals surface area contributed by atoms with Crippen LogP contribution in [-0.2, 0) is 0 Å². The van der Waals surface area contributed by atoms with Crippen LogP contribution in [0.4, 0.5) is 0 Å². The summed E-state index contributed by atoms with van der Waals surface area (Å²) in [6, 6.07) is 14.8. The van der Waals surface area contributed by atoms with Gasteiger partial charge in [0.25, 0.3) is 0 Å². The highest BCUT2D eigenvalue weighted by Gasteiger charge is 2.28. The number of aromatic nitrogens is 4. The largest absolute Gasteiger partial charge is 0.290 e. The van der Waals surface area contributed by atoms with Gasteiger partial charge < -0.3 is 0 Å². The maximum atomic E-state index is 13.1. The molecule has 28 heavy (non-hydrogen) atoms. The van der Waals surface area contributed by atoms with Crippen LogP contribution in [0.1, 0.15) is 32.8 Å². The van der Waals surface area contributed by atoms with Crippen molar-refractivity contribution in [2.24, 2.45) is 0 Å². The van der Waals surface area contributed by atoms with Crippen LogP contribution >= 0.6 is 22.9 Å². The minimum absolute atomic E-state index is 0.0394. The van der Waals surface area contributed by atoms with Gasteiger partial charge in [0.05, 0.1) is 27.0 Å². The number of hydrogen-bond acceptors (Lipinski definition) is 6. The van der Waals surface area contributed by atoms with E-state index in [2.05, 4.69) is 21.1 Å². The van der Waals surface area contributed by atoms with Crippen molar-refractivity contribution in [2.45, 2.75) is 19.8 Å². The van der Waals surface area contributed by atoms with Crippen molar-refractivity contribution in [3.05, 3.63) is 69.6 Å². The normalized spacial score (nSPS) is 12.1. The average Bonchev–Trinajstić information content (AvgIpc) is 3.25. The Labute approximate surface area is 170 Å². The third-order valence-electron chi connectivity index (χ3n) is 4.24. The van der Waals surface area contributed by atoms with E-state index in [9.17, 15) is 10.1 Å². The molecule has 4 rings (SSSR count). The van der Waals surface area contributed by atoms with E-state index < -0.39 is 11.7 Å². The minimum atomic E-state index is -1.07. The number of nitriles is 1. The highest BCUT2D eigenvalue weighted by Crippen LogP contribution is 2.31. The molecule has 1 atom stereocenters. The number of carbonyl (C=O) groups is 1. The first-order valence-electron chi connectivity index (χ1n) is 8.47. The van der Waals surface area contributed by atoms with Crippen molar-refractivity contribution >= 4 is 38.9 Å². The number of aryl methyl sites for hydroxylation is 2. The van der Waals surface area contributed by atoms with E-state index in [-0.39, 0.29) is 10.7 Å². The molecule has 8 heteroatoms. The Morgan fingerprint density at radius 1 is 1.21 bits per heavy atom. The molecule has 1 aromatic carbocycles. The first-order chi connectivity index (χ1) is 13.5. The Hall–Kier alpha value is -3.08. The van der Waals surface area contributed by atoms with E-state index >= 15 is 0 Å². The zero-order valence-electron chi connectivity index (χ0n) is 15.0. The van der Waals surface area contributed by atoms with E-state index in [0.717, 1.165) is 21.6 Å². The van der Waals surface area contributed by atoms with Crippen LogP contribution in [0.2, 0.25) is 5.02 Å². The molecular formula is C20H14ClN5OS. The van der Waals surface area contributed by atoms with Gasteiger partial charge in [0, 0.05) is 5.69 Å². The smallest absolute Gasteiger partial charge is 0.206 e. The molecule has 0 aliphatic rings. The van der Waals surface area contributed by atoms with Crippen LogP contribution in [0.5, 0.6) is 0 Å². The molecular weight excluding hydrogens is 394 g/mol. The number of Topliss-reactive ketones (excluding diaryl/α,β-unsaturated/α-hetero) is 1. The quantitative estimate of drug-likeness (QED) is 0.460. The fraction of sp³-hybridized carbons (Fsp3) is 0.150. The van der Waals surface area contributed by atoms with Gasteiger partial charge in [-0.05, 0) is 44.2 Å². The molecule has 4 aromatic rings. The molecule has 0 radical (unpaired) electrons. The van der Waals surface area contributed by atoms with Gasteiger partial charge in [-0.15, -0.1) is 11.3 Å². The fourth-order valence-corrected chi connectivity index (χ4v) is 4.17. The van der Waals surface area contributed by atoms with Crippen LogP contribution in [0, 0.1) is 25.2 Å². The molecule has 0 saturated carbocycles. The summed E-state index contributed by atoms with van der Waals surface area (Å²) in [4.78, 5) is 22.0. The second kappa shape index (κ2) is 7.15. The van der Waals surface area contributed by atoms with Crippen molar-refractivity contribution in [1.29, 1.82) is 5.26 Å². The summed E-state index contributed by atoms with van der Waals surface area (Å²) in [6.45, 7) is 3.78. The maximum Gasteiger partial charge on any atom is 0.206 e. The predicted octanol–water partition coefficient (Wildman–Crippen LogP) is 4.64. The topological polar surface area (TPSA) is 84.5 Å². The zero-order chi connectivity index (χ0) is 19.8. The standard InChI is InChI=1S/C20H14ClN5OS/c1-11-9-12(2)26(25-11)17-8-7-14(21)18(24-17)19(27)13(10-22)20-23-15-5-3-4-6-16(15)28-20/h3-9,13H,1-2H3. The Morgan fingerprint density at radius 2 is 2.00 bits per heavy atom. The first-order valence-corrected chi connectivity index (χ1v) is 9.67. The number of rotatable bonds is 4. The highest BCUT2D eigenvalue weighted by atomic mass is 35.5. The molecule has 3 aromatic heterocycles. The van der Waals surface area contributed by atoms with E-state index in [1.165, 1.54) is 11.3 Å². The molecule has 0 N–H and O–H groups in total. The van der Waals surface area contributed by atoms with E-state index in [1.54, 1.807) is 16.8 Å². The van der Waals surface area contributed by atoms with E-state index in [4.69, 9.17) is 11.6 Å². The number of pyridine rings is 1. The third-order valence-corrected chi connectivity index (χ3v) is 5.65. The molecule has 3 heterocycles. The van der Waals surface area contributed by atoms with Gasteiger partial charge in [-0.2, -0.15) is 10.4 Å². The van der Waals surface area contributed by atoms with Crippen LogP contribution in [0.15, 0.2) is 42.5 Å². The predicted molar refractivity (Wildman–Crippen MR) is 108 cm³/mol. The summed E-state index contributed by atoms with van der Waals surface area (Å²) in [7, 11) is 0. The van der Waals surface area contributed by atoms with Crippen LogP contribution in [0.3, 0.4) is 0 Å². The minimum Gasteiger partial charge on any atom is -0.290 e. The average molecular weight is 408 g/mol. The van der Waals surface area contributed by atoms with Gasteiger partial charge in [-0.25, -0.2) is 14.6 Å². The summed E-state index contributed by atoms with van der Waals surface area (Å²) in [5, 5.41) is 14.7. The number of carbonyl (C=O) groups excluding carboxylic acids is 1. The highest BCUT2D eigenvalue weighted by molar-refractivity contribution is 7.18. The molecule has 6 nitrogen and oxygen atoms in total. The number of ketones is 1. The number of nitrogens with zero attached hydrogens (tertiary/aromatic N) is 5. The molecule has 0 spiro atoms. The first kappa shape index (κ1) is 18.3. The van der Waals surface area contributed by atoms with Gasteiger partial charge in [0.1, 0.15) is 10.7 Å². The molecule has 1 unspecified atom stereocenters. The SMILES string of the molecule is Cc1cc(C)n(-c2ccc(Cl)c(C(=O)C(C#N)c3nc4ccccc4s3)n2)n1. The lowest BCUT2D eigenvalue weighted by atomic mass is 10.0. The van der Waals surface area contributed by atoms with Crippen molar-refractivity contribution in [2.75, 3.05) is 0 Å². The second-order valence-electron chi connectivity index (χ2n) is 6.28. The molecule has 0 bridgehead atoms.